The third kappa shape index (κ3) is 4.60. The fraction of sp³-hybridized carbons (Fsp3) is 0.0625. The smallest absolute Gasteiger partial charge is 0.164 e. The number of nitrogens with zero attached hydrogens (tertiary/aromatic N) is 3. The van der Waals surface area contributed by atoms with Crippen molar-refractivity contribution in [1.82, 2.24) is 15.0 Å². The van der Waals surface area contributed by atoms with E-state index in [0.29, 0.717) is 17.5 Å². The van der Waals surface area contributed by atoms with Crippen LogP contribution in [0.3, 0.4) is 0 Å². The number of hydrogen-bond acceptors (Lipinski definition) is 5. The van der Waals surface area contributed by atoms with Crippen molar-refractivity contribution in [3.63, 3.8) is 0 Å². The van der Waals surface area contributed by atoms with Crippen LogP contribution in [0.1, 0.15) is 25.0 Å². The lowest BCUT2D eigenvalue weighted by molar-refractivity contribution is 0.658. The Kier molecular flexibility index (Phi) is 6.23. The van der Waals surface area contributed by atoms with E-state index in [0.717, 1.165) is 71.7 Å². The first kappa shape index (κ1) is 29.8. The average Bonchev–Trinajstić information content (AvgIpc) is 3.84. The van der Waals surface area contributed by atoms with Gasteiger partial charge in [0, 0.05) is 43.7 Å². The summed E-state index contributed by atoms with van der Waals surface area (Å²) in [6.45, 7) is 4.64. The third-order valence-electron chi connectivity index (χ3n) is 10.9. The molecule has 0 fully saturated rings. The van der Waals surface area contributed by atoms with Gasteiger partial charge >= 0.3 is 0 Å². The molecular formula is C48H31N3O2. The summed E-state index contributed by atoms with van der Waals surface area (Å²) in [7, 11) is 0. The maximum Gasteiger partial charge on any atom is 0.164 e. The Balaban J connectivity index is 1.03. The Bertz CT molecular complexity index is 3100. The molecule has 0 aliphatic heterocycles. The number of fused-ring (bicyclic) bond motifs is 9. The summed E-state index contributed by atoms with van der Waals surface area (Å²) in [5.41, 5.74) is 13.5. The van der Waals surface area contributed by atoms with Gasteiger partial charge in [-0.05, 0) is 88.0 Å². The number of furan rings is 2. The maximum atomic E-state index is 6.34. The summed E-state index contributed by atoms with van der Waals surface area (Å²) in [5, 5.41) is 4.42. The van der Waals surface area contributed by atoms with Crippen molar-refractivity contribution in [3.05, 3.63) is 163 Å². The summed E-state index contributed by atoms with van der Waals surface area (Å²) in [6.07, 6.45) is 0. The van der Waals surface area contributed by atoms with Gasteiger partial charge in [-0.1, -0.05) is 111 Å². The fourth-order valence-corrected chi connectivity index (χ4v) is 8.20. The number of para-hydroxylation sites is 2. The van der Waals surface area contributed by atoms with Crippen molar-refractivity contribution in [2.24, 2.45) is 0 Å². The third-order valence-corrected chi connectivity index (χ3v) is 10.9. The summed E-state index contributed by atoms with van der Waals surface area (Å²) in [4.78, 5) is 15.1. The van der Waals surface area contributed by atoms with E-state index < -0.39 is 0 Å². The van der Waals surface area contributed by atoms with E-state index in [-0.39, 0.29) is 5.41 Å². The van der Waals surface area contributed by atoms with Crippen LogP contribution < -0.4 is 0 Å². The standard InChI is InChI=1S/C48H31N3O2/c1-48(2)39-21-19-30(24-35(39)36-27-44-38(26-40(36)48)34-16-7-9-18-42(34)53-44)29-13-10-14-31(23-29)46-49-45(28-11-4-3-5-12-28)50-47(51-46)32-20-22-43-37(25-32)33-15-6-8-17-41(33)52-43/h3-27H,1-2H3. The van der Waals surface area contributed by atoms with Crippen LogP contribution in [0.15, 0.2) is 160 Å². The number of rotatable bonds is 4. The highest BCUT2D eigenvalue weighted by Crippen LogP contribution is 2.51. The number of aromatic nitrogens is 3. The Labute approximate surface area is 305 Å². The molecule has 0 unspecified atom stereocenters. The summed E-state index contributed by atoms with van der Waals surface area (Å²) >= 11 is 0. The maximum absolute atomic E-state index is 6.34. The zero-order valence-electron chi connectivity index (χ0n) is 29.1. The van der Waals surface area contributed by atoms with Gasteiger partial charge in [0.25, 0.3) is 0 Å². The van der Waals surface area contributed by atoms with Crippen LogP contribution in [-0.4, -0.2) is 15.0 Å². The minimum Gasteiger partial charge on any atom is -0.456 e. The molecular weight excluding hydrogens is 651 g/mol. The molecule has 0 atom stereocenters. The SMILES string of the molecule is CC1(C)c2ccc(-c3cccc(-c4nc(-c5ccccc5)nc(-c5ccc6oc7ccccc7c6c5)n4)c3)cc2-c2cc3oc4ccccc4c3cc21. The quantitative estimate of drug-likeness (QED) is 0.185. The summed E-state index contributed by atoms with van der Waals surface area (Å²) in [6, 6.07) is 52.6. The highest BCUT2D eigenvalue weighted by atomic mass is 16.3. The van der Waals surface area contributed by atoms with E-state index in [1.807, 2.05) is 72.8 Å². The first-order chi connectivity index (χ1) is 26.0. The molecule has 7 aromatic carbocycles. The monoisotopic (exact) mass is 681 g/mol. The lowest BCUT2D eigenvalue weighted by Gasteiger charge is -2.21. The van der Waals surface area contributed by atoms with E-state index >= 15 is 0 Å². The van der Waals surface area contributed by atoms with Crippen molar-refractivity contribution in [3.8, 4) is 56.4 Å². The summed E-state index contributed by atoms with van der Waals surface area (Å²) < 4.78 is 12.5. The fourth-order valence-electron chi connectivity index (χ4n) is 8.20. The second-order valence-corrected chi connectivity index (χ2v) is 14.4. The van der Waals surface area contributed by atoms with Gasteiger partial charge in [-0.25, -0.2) is 15.0 Å². The van der Waals surface area contributed by atoms with Crippen molar-refractivity contribution in [2.45, 2.75) is 19.3 Å². The van der Waals surface area contributed by atoms with Crippen LogP contribution in [0.5, 0.6) is 0 Å². The minimum atomic E-state index is -0.140. The lowest BCUT2D eigenvalue weighted by Crippen LogP contribution is -2.14. The van der Waals surface area contributed by atoms with Crippen molar-refractivity contribution < 1.29 is 8.83 Å². The van der Waals surface area contributed by atoms with E-state index in [9.17, 15) is 0 Å². The van der Waals surface area contributed by atoms with Gasteiger partial charge in [-0.15, -0.1) is 0 Å². The normalized spacial score (nSPS) is 13.2. The van der Waals surface area contributed by atoms with Crippen LogP contribution in [0.4, 0.5) is 0 Å². The van der Waals surface area contributed by atoms with Gasteiger partial charge < -0.3 is 8.83 Å². The minimum absolute atomic E-state index is 0.140. The van der Waals surface area contributed by atoms with E-state index in [1.54, 1.807) is 0 Å². The molecule has 1 aliphatic carbocycles. The van der Waals surface area contributed by atoms with Gasteiger partial charge in [-0.3, -0.25) is 0 Å². The largest absolute Gasteiger partial charge is 0.456 e. The van der Waals surface area contributed by atoms with Crippen LogP contribution >= 0.6 is 0 Å². The highest BCUT2D eigenvalue weighted by Gasteiger charge is 2.36. The molecule has 0 N–H and O–H groups in total. The zero-order chi connectivity index (χ0) is 35.3. The number of hydrogen-bond donors (Lipinski definition) is 0. The second-order valence-electron chi connectivity index (χ2n) is 14.4. The van der Waals surface area contributed by atoms with Crippen molar-refractivity contribution in [1.29, 1.82) is 0 Å². The topological polar surface area (TPSA) is 65.0 Å². The Morgan fingerprint density at radius 3 is 1.64 bits per heavy atom. The molecule has 0 amide bonds. The molecule has 0 saturated carbocycles. The molecule has 1 aliphatic rings. The highest BCUT2D eigenvalue weighted by molar-refractivity contribution is 6.08. The van der Waals surface area contributed by atoms with Gasteiger partial charge in [0.2, 0.25) is 0 Å². The zero-order valence-corrected chi connectivity index (χ0v) is 29.1. The molecule has 3 aromatic heterocycles. The van der Waals surface area contributed by atoms with E-state index in [2.05, 4.69) is 92.7 Å². The van der Waals surface area contributed by atoms with Gasteiger partial charge in [0.15, 0.2) is 17.5 Å². The van der Waals surface area contributed by atoms with Crippen LogP contribution in [0.25, 0.3) is 100 Å². The lowest BCUT2D eigenvalue weighted by atomic mass is 9.81. The molecule has 3 heterocycles. The molecule has 0 bridgehead atoms. The molecule has 5 nitrogen and oxygen atoms in total. The molecule has 0 radical (unpaired) electrons. The van der Waals surface area contributed by atoms with Crippen LogP contribution in [0, 0.1) is 0 Å². The number of benzene rings is 7. The van der Waals surface area contributed by atoms with Crippen molar-refractivity contribution >= 4 is 43.9 Å². The average molecular weight is 682 g/mol. The van der Waals surface area contributed by atoms with Gasteiger partial charge in [-0.2, -0.15) is 0 Å². The Morgan fingerprint density at radius 1 is 0.358 bits per heavy atom. The van der Waals surface area contributed by atoms with E-state index in [4.69, 9.17) is 23.8 Å². The van der Waals surface area contributed by atoms with Crippen molar-refractivity contribution in [2.75, 3.05) is 0 Å². The predicted octanol–water partition coefficient (Wildman–Crippen LogP) is 12.6. The first-order valence-electron chi connectivity index (χ1n) is 17.9. The molecule has 250 valence electrons. The van der Waals surface area contributed by atoms with Gasteiger partial charge in [0.1, 0.15) is 22.3 Å². The molecule has 11 rings (SSSR count). The molecule has 0 spiro atoms. The predicted molar refractivity (Wildman–Crippen MR) is 214 cm³/mol. The summed E-state index contributed by atoms with van der Waals surface area (Å²) in [5.74, 6) is 1.86. The second kappa shape index (κ2) is 11.1. The Morgan fingerprint density at radius 2 is 0.887 bits per heavy atom. The van der Waals surface area contributed by atoms with E-state index in [1.165, 1.54) is 22.3 Å². The molecule has 5 heteroatoms. The molecule has 53 heavy (non-hydrogen) atoms. The first-order valence-corrected chi connectivity index (χ1v) is 17.9. The van der Waals surface area contributed by atoms with Gasteiger partial charge in [0.05, 0.1) is 0 Å². The molecule has 10 aromatic rings. The van der Waals surface area contributed by atoms with Crippen LogP contribution in [0.2, 0.25) is 0 Å². The molecule has 0 saturated heterocycles. The Hall–Kier alpha value is -6.85. The van der Waals surface area contributed by atoms with Crippen LogP contribution in [-0.2, 0) is 5.41 Å².